The molecule has 12 heteroatoms. The molecular formula is C10H19KNO9P. The monoisotopic (exact) mass is 367 g/mol. The Kier molecular flexibility index (Phi) is 15.4. The van der Waals surface area contributed by atoms with Crippen molar-refractivity contribution in [2.75, 3.05) is 6.54 Å². The molecule has 0 aromatic heterocycles. The van der Waals surface area contributed by atoms with Crippen LogP contribution in [0.25, 0.3) is 0 Å². The first kappa shape index (κ1) is 27.0. The molecule has 0 aromatic carbocycles. The molecule has 0 atom stereocenters. The van der Waals surface area contributed by atoms with Crippen LogP contribution in [0.5, 0.6) is 0 Å². The largest absolute Gasteiger partial charge is 1.00 e. The summed E-state index contributed by atoms with van der Waals surface area (Å²) >= 11 is 0. The molecule has 4 N–H and O–H groups in total. The number of phosphoric acid groups is 1. The average molecular weight is 367 g/mol. The van der Waals surface area contributed by atoms with Crippen LogP contribution < -0.4 is 61.6 Å². The zero-order valence-electron chi connectivity index (χ0n) is 12.9. The summed E-state index contributed by atoms with van der Waals surface area (Å²) < 4.78 is 13.7. The quantitative estimate of drug-likeness (QED) is 0.283. The third-order valence-corrected chi connectivity index (χ3v) is 1.45. The van der Waals surface area contributed by atoms with E-state index in [9.17, 15) is 14.4 Å². The van der Waals surface area contributed by atoms with Gasteiger partial charge >= 0.3 is 63.4 Å². The minimum atomic E-state index is -4.89. The zero-order valence-corrected chi connectivity index (χ0v) is 16.9. The van der Waals surface area contributed by atoms with Gasteiger partial charge in [0.15, 0.2) is 5.78 Å². The van der Waals surface area contributed by atoms with Crippen molar-refractivity contribution in [1.82, 2.24) is 5.32 Å². The molecule has 0 aromatic rings. The maximum absolute atomic E-state index is 11.1. The smallest absolute Gasteiger partial charge is 0.756 e. The molecule has 1 amide bonds. The van der Waals surface area contributed by atoms with Gasteiger partial charge in [-0.05, 0) is 20.8 Å². The molecule has 0 saturated heterocycles. The van der Waals surface area contributed by atoms with Crippen LogP contribution in [0, 0.1) is 0 Å². The number of rotatable bonds is 5. The third kappa shape index (κ3) is 32.2. The topological polar surface area (TPSA) is 173 Å². The summed E-state index contributed by atoms with van der Waals surface area (Å²) in [6.07, 6.45) is -1.00. The van der Waals surface area contributed by atoms with Crippen LogP contribution in [-0.2, 0) is 18.9 Å². The molecule has 0 spiro atoms. The van der Waals surface area contributed by atoms with Gasteiger partial charge in [-0.3, -0.25) is 14.2 Å². The number of carbonyl (C=O) groups excluding carboxylic acids is 2. The fraction of sp³-hybridized carbons (Fsp3) is 0.700. The second-order valence-electron chi connectivity index (χ2n) is 4.78. The molecule has 0 aliphatic heterocycles. The van der Waals surface area contributed by atoms with Crippen molar-refractivity contribution in [2.45, 2.75) is 39.2 Å². The summed E-state index contributed by atoms with van der Waals surface area (Å²) in [4.78, 5) is 55.3. The van der Waals surface area contributed by atoms with Crippen molar-refractivity contribution in [3.05, 3.63) is 0 Å². The van der Waals surface area contributed by atoms with E-state index in [1.807, 2.05) is 0 Å². The number of nitrogens with one attached hydrogen (secondary N) is 1. The Labute approximate surface area is 170 Å². The van der Waals surface area contributed by atoms with E-state index in [1.165, 1.54) is 0 Å². The fourth-order valence-corrected chi connectivity index (χ4v) is 0.820. The summed E-state index contributed by atoms with van der Waals surface area (Å²) in [5.74, 6) is -1.38. The Morgan fingerprint density at radius 3 is 1.91 bits per heavy atom. The first-order valence-electron chi connectivity index (χ1n) is 5.67. The van der Waals surface area contributed by atoms with Gasteiger partial charge in [-0.15, -0.1) is 0 Å². The van der Waals surface area contributed by atoms with Crippen LogP contribution in [0.3, 0.4) is 0 Å². The van der Waals surface area contributed by atoms with E-state index in [2.05, 4.69) is 5.32 Å². The summed E-state index contributed by atoms with van der Waals surface area (Å²) in [7, 11) is -4.89. The second-order valence-corrected chi connectivity index (χ2v) is 5.76. The molecule has 0 aliphatic carbocycles. The van der Waals surface area contributed by atoms with E-state index >= 15 is 0 Å². The Hall–Kier alpha value is 0.156. The van der Waals surface area contributed by atoms with Crippen LogP contribution in [0.15, 0.2) is 0 Å². The van der Waals surface area contributed by atoms with Crippen LogP contribution in [0.4, 0.5) is 4.79 Å². The maximum atomic E-state index is 11.1. The molecule has 0 rings (SSSR count). The molecule has 0 unspecified atom stereocenters. The number of carbonyl (C=O) groups is 3. The molecule has 0 saturated carbocycles. The first-order chi connectivity index (χ1) is 9.20. The molecule has 0 fully saturated rings. The van der Waals surface area contributed by atoms with E-state index in [0.717, 1.165) is 0 Å². The van der Waals surface area contributed by atoms with Gasteiger partial charge in [0, 0.05) is 6.42 Å². The number of Topliss-reactive ketones (excluding diaryl/α,β-unsaturated/α-hetero) is 1. The normalized spacial score (nSPS) is 10.5. The van der Waals surface area contributed by atoms with Crippen molar-refractivity contribution < 1.29 is 94.9 Å². The van der Waals surface area contributed by atoms with E-state index in [4.69, 9.17) is 29.1 Å². The van der Waals surface area contributed by atoms with Gasteiger partial charge in [0.2, 0.25) is 0 Å². The predicted molar refractivity (Wildman–Crippen MR) is 68.2 cm³/mol. The van der Waals surface area contributed by atoms with E-state index < -0.39 is 25.5 Å². The van der Waals surface area contributed by atoms with Crippen molar-refractivity contribution in [3.8, 4) is 0 Å². The van der Waals surface area contributed by atoms with Gasteiger partial charge in [-0.25, -0.2) is 4.79 Å². The molecule has 124 valence electrons. The summed E-state index contributed by atoms with van der Waals surface area (Å²) in [6.45, 7) is 4.92. The molecular weight excluding hydrogens is 348 g/mol. The number of carboxylic acids is 1. The first-order valence-corrected chi connectivity index (χ1v) is 7.20. The third-order valence-electron chi connectivity index (χ3n) is 1.45. The van der Waals surface area contributed by atoms with Crippen molar-refractivity contribution in [3.63, 3.8) is 0 Å². The van der Waals surface area contributed by atoms with Crippen LogP contribution in [0.1, 0.15) is 33.6 Å². The minimum Gasteiger partial charge on any atom is -0.756 e. The predicted octanol–water partition coefficient (Wildman–Crippen LogP) is -3.61. The molecule has 0 aliphatic rings. The molecule has 0 heterocycles. The molecule has 10 nitrogen and oxygen atoms in total. The van der Waals surface area contributed by atoms with Gasteiger partial charge in [0.05, 0.1) is 13.0 Å². The number of hydrogen-bond acceptors (Lipinski definition) is 6. The molecule has 0 bridgehead atoms. The van der Waals surface area contributed by atoms with Crippen LogP contribution >= 0.6 is 7.82 Å². The zero-order chi connectivity index (χ0) is 17.3. The summed E-state index contributed by atoms with van der Waals surface area (Å²) in [5.41, 5.74) is -0.617. The number of hydrogen-bond donors (Lipinski definition) is 4. The molecule has 22 heavy (non-hydrogen) atoms. The second kappa shape index (κ2) is 12.6. The SMILES string of the molecule is CC(C)(C)OC(=O)NCC(=O)CCC(=O)O.O=P([O-])(O)O.[K+]. The van der Waals surface area contributed by atoms with E-state index in [1.54, 1.807) is 20.8 Å². The number of amides is 1. The Morgan fingerprint density at radius 1 is 1.18 bits per heavy atom. The van der Waals surface area contributed by atoms with Gasteiger partial charge in [-0.2, -0.15) is 0 Å². The average Bonchev–Trinajstić information content (AvgIpc) is 2.18. The van der Waals surface area contributed by atoms with Crippen molar-refractivity contribution in [1.29, 1.82) is 0 Å². The fourth-order valence-electron chi connectivity index (χ4n) is 0.820. The summed E-state index contributed by atoms with van der Waals surface area (Å²) in [6, 6.07) is 0. The number of carboxylic acid groups (broad SMARTS) is 1. The minimum absolute atomic E-state index is 0. The Balaban J connectivity index is -0.000000520. The number of alkyl carbamates (subject to hydrolysis) is 1. The van der Waals surface area contributed by atoms with Crippen molar-refractivity contribution in [2.24, 2.45) is 0 Å². The van der Waals surface area contributed by atoms with E-state index in [-0.39, 0.29) is 76.6 Å². The van der Waals surface area contributed by atoms with Crippen LogP contribution in [-0.4, -0.2) is 44.9 Å². The van der Waals surface area contributed by atoms with Gasteiger partial charge in [0.1, 0.15) is 5.60 Å². The number of aliphatic carboxylic acids is 1. The Morgan fingerprint density at radius 2 is 1.59 bits per heavy atom. The summed E-state index contributed by atoms with van der Waals surface area (Å²) in [5, 5.41) is 10.6. The van der Waals surface area contributed by atoms with E-state index in [0.29, 0.717) is 0 Å². The number of ketones is 1. The van der Waals surface area contributed by atoms with Crippen LogP contribution in [0.2, 0.25) is 0 Å². The maximum Gasteiger partial charge on any atom is 1.00 e. The van der Waals surface area contributed by atoms with Gasteiger partial charge in [0.25, 0.3) is 7.82 Å². The molecule has 0 radical (unpaired) electrons. The number of ether oxygens (including phenoxy) is 1. The van der Waals surface area contributed by atoms with Gasteiger partial charge < -0.3 is 29.8 Å². The Bertz CT molecular complexity index is 407. The van der Waals surface area contributed by atoms with Crippen molar-refractivity contribution >= 4 is 25.7 Å². The standard InChI is InChI=1S/C10H17NO5.K.H3O4P/c1-10(2,3)16-9(15)11-6-7(12)4-5-8(13)14;;1-5(2,3)4/h4-6H2,1-3H3,(H,11,15)(H,13,14);;(H3,1,2,3,4)/q;+1;/p-1. The van der Waals surface area contributed by atoms with Gasteiger partial charge in [-0.1, -0.05) is 0 Å².